The van der Waals surface area contributed by atoms with Crippen LogP contribution in [0.25, 0.3) is 5.65 Å². The lowest BCUT2D eigenvalue weighted by Crippen LogP contribution is -2.44. The number of alkyl halides is 3. The Morgan fingerprint density at radius 3 is 2.40 bits per heavy atom. The van der Waals surface area contributed by atoms with Gasteiger partial charge in [0, 0.05) is 61.3 Å². The molecule has 0 saturated carbocycles. The van der Waals surface area contributed by atoms with Crippen molar-refractivity contribution in [2.24, 2.45) is 0 Å². The molecular weight excluding hydrogens is 559 g/mol. The van der Waals surface area contributed by atoms with Crippen LogP contribution >= 0.6 is 0 Å². The molecule has 0 spiro atoms. The fourth-order valence-electron chi connectivity index (χ4n) is 4.71. The average molecular weight is 586 g/mol. The number of pyridine rings is 1. The topological polar surface area (TPSA) is 107 Å². The quantitative estimate of drug-likeness (QED) is 0.276. The van der Waals surface area contributed by atoms with E-state index in [4.69, 9.17) is 0 Å². The van der Waals surface area contributed by atoms with E-state index in [0.717, 1.165) is 19.2 Å². The van der Waals surface area contributed by atoms with Crippen LogP contribution < -0.4 is 5.32 Å². The second-order valence-electron chi connectivity index (χ2n) is 10.3. The van der Waals surface area contributed by atoms with Gasteiger partial charge in [-0.25, -0.2) is 0 Å². The van der Waals surface area contributed by atoms with Gasteiger partial charge in [-0.2, -0.15) is 18.4 Å². The number of carbonyl (C=O) groups is 2. The van der Waals surface area contributed by atoms with Gasteiger partial charge in [0.1, 0.15) is 0 Å². The second kappa shape index (κ2) is 12.1. The molecule has 4 aromatic rings. The van der Waals surface area contributed by atoms with Crippen molar-refractivity contribution in [2.45, 2.75) is 19.6 Å². The number of ketones is 1. The Balaban J connectivity index is 1.39. The third-order valence-corrected chi connectivity index (χ3v) is 7.11. The summed E-state index contributed by atoms with van der Waals surface area (Å²) in [5.41, 5.74) is 0.719. The predicted octanol–water partition coefficient (Wildman–Crippen LogP) is 4.22. The Morgan fingerprint density at radius 2 is 1.70 bits per heavy atom. The normalized spacial score (nSPS) is 14.1. The highest BCUT2D eigenvalue weighted by atomic mass is 19.4. The Hall–Kier alpha value is -5.04. The number of nitrogens with zero attached hydrogens (tertiary/aromatic N) is 6. The summed E-state index contributed by atoms with van der Waals surface area (Å²) in [6, 6.07) is 13.2. The molecule has 1 aliphatic heterocycles. The van der Waals surface area contributed by atoms with Gasteiger partial charge in [-0.1, -0.05) is 12.0 Å². The van der Waals surface area contributed by atoms with Crippen LogP contribution in [0.4, 0.5) is 18.9 Å². The number of amides is 1. The minimum atomic E-state index is -4.61. The molecule has 0 aliphatic carbocycles. The first kappa shape index (κ1) is 29.5. The first-order valence-electron chi connectivity index (χ1n) is 13.4. The molecule has 3 heterocycles. The number of hydrogen-bond acceptors (Lipinski definition) is 7. The molecule has 1 fully saturated rings. The summed E-state index contributed by atoms with van der Waals surface area (Å²) in [6.07, 6.45) is -3.04. The maximum atomic E-state index is 14.0. The second-order valence-corrected chi connectivity index (χ2v) is 10.3. The zero-order valence-corrected chi connectivity index (χ0v) is 23.4. The van der Waals surface area contributed by atoms with Gasteiger partial charge < -0.3 is 10.2 Å². The number of halogens is 3. The standard InChI is InChI=1S/C31H26F3N7O2/c1-20(42)23-5-8-29-38-37-28(41(29)19-23)7-3-21-13-22(17-35)15-25(14-21)30(43)36-26-6-4-24(27(16-26)31(32,33)34)18-40-11-9-39(2)10-12-40/h4-6,8,13-16,19H,9-12,18H2,1-2H3,(H,36,43). The molecule has 0 radical (unpaired) electrons. The van der Waals surface area contributed by atoms with E-state index in [2.05, 4.69) is 32.3 Å². The van der Waals surface area contributed by atoms with E-state index in [1.807, 2.05) is 18.0 Å². The van der Waals surface area contributed by atoms with Gasteiger partial charge >= 0.3 is 6.18 Å². The van der Waals surface area contributed by atoms with Gasteiger partial charge in [-0.15, -0.1) is 10.2 Å². The Labute approximate surface area is 245 Å². The number of nitrogens with one attached hydrogen (secondary N) is 1. The number of hydrogen-bond donors (Lipinski definition) is 1. The number of likely N-dealkylation sites (N-methyl/N-ethyl adjacent to an activating group) is 1. The van der Waals surface area contributed by atoms with Crippen molar-refractivity contribution in [1.29, 1.82) is 5.26 Å². The van der Waals surface area contributed by atoms with Gasteiger partial charge in [-0.05, 0) is 67.9 Å². The van der Waals surface area contributed by atoms with Crippen molar-refractivity contribution in [1.82, 2.24) is 24.4 Å². The number of piperazine rings is 1. The van der Waals surface area contributed by atoms with Crippen molar-refractivity contribution in [3.05, 3.63) is 93.9 Å². The van der Waals surface area contributed by atoms with E-state index in [1.54, 1.807) is 22.7 Å². The minimum absolute atomic E-state index is 0.0225. The number of carbonyl (C=O) groups excluding carboxylic acids is 2. The number of Topliss-reactive ketones (excluding diaryl/α,β-unsaturated/α-hetero) is 1. The van der Waals surface area contributed by atoms with Gasteiger partial charge in [0.25, 0.3) is 5.91 Å². The summed E-state index contributed by atoms with van der Waals surface area (Å²) in [4.78, 5) is 29.0. The SMILES string of the molecule is CC(=O)c1ccc2nnc(C#Cc3cc(C#N)cc(C(=O)Nc4ccc(CN5CCN(C)CC5)c(C(F)(F)F)c4)c3)n2c1. The zero-order valence-electron chi connectivity index (χ0n) is 23.4. The van der Waals surface area contributed by atoms with E-state index in [9.17, 15) is 28.0 Å². The number of benzene rings is 2. The lowest BCUT2D eigenvalue weighted by molar-refractivity contribution is -0.138. The van der Waals surface area contributed by atoms with Gasteiger partial charge in [0.05, 0.1) is 17.2 Å². The average Bonchev–Trinajstić information content (AvgIpc) is 3.39. The molecule has 9 nitrogen and oxygen atoms in total. The number of aromatic nitrogens is 3. The lowest BCUT2D eigenvalue weighted by atomic mass is 10.0. The van der Waals surface area contributed by atoms with Gasteiger partial charge in [0.15, 0.2) is 11.4 Å². The molecule has 1 saturated heterocycles. The molecule has 2 aromatic carbocycles. The molecule has 218 valence electrons. The summed E-state index contributed by atoms with van der Waals surface area (Å²) in [5, 5.41) is 20.1. The number of anilines is 1. The molecule has 0 unspecified atom stereocenters. The Morgan fingerprint density at radius 1 is 0.953 bits per heavy atom. The zero-order chi connectivity index (χ0) is 30.7. The van der Waals surface area contributed by atoms with Crippen LogP contribution in [0, 0.1) is 23.2 Å². The molecule has 5 rings (SSSR count). The fraction of sp³-hybridized carbons (Fsp3) is 0.258. The summed E-state index contributed by atoms with van der Waals surface area (Å²) >= 11 is 0. The lowest BCUT2D eigenvalue weighted by Gasteiger charge is -2.33. The van der Waals surface area contributed by atoms with Gasteiger partial charge in [0.2, 0.25) is 5.82 Å². The molecule has 12 heteroatoms. The van der Waals surface area contributed by atoms with Crippen LogP contribution in [-0.4, -0.2) is 69.3 Å². The van der Waals surface area contributed by atoms with E-state index in [-0.39, 0.29) is 40.5 Å². The molecule has 1 amide bonds. The Kier molecular flexibility index (Phi) is 8.26. The van der Waals surface area contributed by atoms with Crippen molar-refractivity contribution >= 4 is 23.0 Å². The highest BCUT2D eigenvalue weighted by Gasteiger charge is 2.34. The first-order chi connectivity index (χ1) is 20.5. The molecular formula is C31H26F3N7O2. The number of nitriles is 1. The summed E-state index contributed by atoms with van der Waals surface area (Å²) in [6.45, 7) is 4.48. The predicted molar refractivity (Wildman–Crippen MR) is 152 cm³/mol. The van der Waals surface area contributed by atoms with Crippen molar-refractivity contribution in [2.75, 3.05) is 38.5 Å². The van der Waals surface area contributed by atoms with Crippen LogP contribution in [0.5, 0.6) is 0 Å². The molecule has 2 aromatic heterocycles. The third kappa shape index (κ3) is 6.89. The van der Waals surface area contributed by atoms with Crippen LogP contribution in [-0.2, 0) is 12.7 Å². The maximum absolute atomic E-state index is 14.0. The van der Waals surface area contributed by atoms with Crippen molar-refractivity contribution < 1.29 is 22.8 Å². The van der Waals surface area contributed by atoms with Crippen LogP contribution in [0.1, 0.15) is 55.7 Å². The highest BCUT2D eigenvalue weighted by Crippen LogP contribution is 2.34. The highest BCUT2D eigenvalue weighted by molar-refractivity contribution is 6.04. The minimum Gasteiger partial charge on any atom is -0.322 e. The van der Waals surface area contributed by atoms with E-state index in [1.165, 1.54) is 37.3 Å². The molecule has 1 N–H and O–H groups in total. The monoisotopic (exact) mass is 585 g/mol. The smallest absolute Gasteiger partial charge is 0.322 e. The van der Waals surface area contributed by atoms with Crippen molar-refractivity contribution in [3.8, 4) is 17.9 Å². The van der Waals surface area contributed by atoms with Gasteiger partial charge in [-0.3, -0.25) is 18.9 Å². The third-order valence-electron chi connectivity index (χ3n) is 7.11. The molecule has 1 aliphatic rings. The van der Waals surface area contributed by atoms with E-state index >= 15 is 0 Å². The van der Waals surface area contributed by atoms with Crippen LogP contribution in [0.2, 0.25) is 0 Å². The molecule has 43 heavy (non-hydrogen) atoms. The molecule has 0 atom stereocenters. The molecule has 0 bridgehead atoms. The number of fused-ring (bicyclic) bond motifs is 1. The number of rotatable bonds is 5. The summed E-state index contributed by atoms with van der Waals surface area (Å²) in [5.74, 6) is 5.10. The van der Waals surface area contributed by atoms with E-state index < -0.39 is 17.6 Å². The first-order valence-corrected chi connectivity index (χ1v) is 13.4. The maximum Gasteiger partial charge on any atom is 0.416 e. The largest absolute Gasteiger partial charge is 0.416 e. The van der Waals surface area contributed by atoms with Crippen LogP contribution in [0.3, 0.4) is 0 Å². The summed E-state index contributed by atoms with van der Waals surface area (Å²) in [7, 11) is 1.97. The van der Waals surface area contributed by atoms with E-state index in [0.29, 0.717) is 29.9 Å². The fourth-order valence-corrected chi connectivity index (χ4v) is 4.71. The summed E-state index contributed by atoms with van der Waals surface area (Å²) < 4.78 is 43.5. The van der Waals surface area contributed by atoms with Crippen LogP contribution in [0.15, 0.2) is 54.7 Å². The Bertz CT molecular complexity index is 1820. The van der Waals surface area contributed by atoms with Crippen molar-refractivity contribution in [3.63, 3.8) is 0 Å².